The summed E-state index contributed by atoms with van der Waals surface area (Å²) in [7, 11) is 0. The molecule has 0 aliphatic rings. The van der Waals surface area contributed by atoms with Gasteiger partial charge in [-0.1, -0.05) is 54.1 Å². The Morgan fingerprint density at radius 2 is 1.62 bits per heavy atom. The lowest BCUT2D eigenvalue weighted by Crippen LogP contribution is -2.11. The highest BCUT2D eigenvalue weighted by Gasteiger charge is 2.19. The van der Waals surface area contributed by atoms with Crippen molar-refractivity contribution in [3.05, 3.63) is 101 Å². The van der Waals surface area contributed by atoms with Crippen molar-refractivity contribution in [1.82, 2.24) is 0 Å². The number of aryl methyl sites for hydroxylation is 1. The predicted octanol–water partition coefficient (Wildman–Crippen LogP) is 5.80. The number of hydrogen-bond donors (Lipinski definition) is 0. The summed E-state index contributed by atoms with van der Waals surface area (Å²) in [6.45, 7) is 4.66. The van der Waals surface area contributed by atoms with Crippen molar-refractivity contribution in [2.45, 2.75) is 32.8 Å². The lowest BCUT2D eigenvalue weighted by Gasteiger charge is -2.18. The number of rotatable bonds is 8. The molecule has 150 valence electrons. The molecule has 0 radical (unpaired) electrons. The molecule has 29 heavy (non-hydrogen) atoms. The zero-order valence-corrected chi connectivity index (χ0v) is 16.7. The number of carbonyl (C=O) groups is 1. The molecule has 0 heterocycles. The highest BCUT2D eigenvalue weighted by Crippen LogP contribution is 2.30. The van der Waals surface area contributed by atoms with E-state index in [1.165, 1.54) is 17.7 Å². The summed E-state index contributed by atoms with van der Waals surface area (Å²) in [5.74, 6) is -0.0325. The molecule has 0 fully saturated rings. The van der Waals surface area contributed by atoms with Crippen LogP contribution in [0, 0.1) is 12.7 Å². The van der Waals surface area contributed by atoms with Gasteiger partial charge in [0.15, 0.2) is 0 Å². The van der Waals surface area contributed by atoms with Crippen molar-refractivity contribution in [3.8, 4) is 5.75 Å². The Morgan fingerprint density at radius 1 is 0.966 bits per heavy atom. The average Bonchev–Trinajstić information content (AvgIpc) is 2.72. The summed E-state index contributed by atoms with van der Waals surface area (Å²) >= 11 is 0. The van der Waals surface area contributed by atoms with Crippen molar-refractivity contribution in [2.24, 2.45) is 0 Å². The summed E-state index contributed by atoms with van der Waals surface area (Å²) in [6.07, 6.45) is 0.197. The van der Waals surface area contributed by atoms with Gasteiger partial charge >= 0.3 is 5.97 Å². The van der Waals surface area contributed by atoms with Crippen LogP contribution in [0.15, 0.2) is 72.8 Å². The maximum absolute atomic E-state index is 13.3. The molecule has 1 unspecified atom stereocenters. The van der Waals surface area contributed by atoms with Crippen LogP contribution in [0.2, 0.25) is 0 Å². The van der Waals surface area contributed by atoms with Gasteiger partial charge in [-0.3, -0.25) is 4.79 Å². The van der Waals surface area contributed by atoms with E-state index in [-0.39, 0.29) is 24.1 Å². The van der Waals surface area contributed by atoms with Crippen LogP contribution in [-0.2, 0) is 16.1 Å². The summed E-state index contributed by atoms with van der Waals surface area (Å²) < 4.78 is 24.3. The van der Waals surface area contributed by atoms with Gasteiger partial charge < -0.3 is 9.47 Å². The Hall–Kier alpha value is -3.14. The molecular weight excluding hydrogens is 367 g/mol. The lowest BCUT2D eigenvalue weighted by molar-refractivity contribution is -0.143. The zero-order chi connectivity index (χ0) is 20.6. The first-order valence-corrected chi connectivity index (χ1v) is 9.74. The third kappa shape index (κ3) is 5.92. The number of halogens is 1. The van der Waals surface area contributed by atoms with Crippen LogP contribution in [0.3, 0.4) is 0 Å². The van der Waals surface area contributed by atoms with Gasteiger partial charge in [0.2, 0.25) is 0 Å². The van der Waals surface area contributed by atoms with Gasteiger partial charge in [0.1, 0.15) is 18.2 Å². The minimum atomic E-state index is -0.302. The molecule has 3 rings (SSSR count). The highest BCUT2D eigenvalue weighted by molar-refractivity contribution is 5.71. The molecule has 1 atom stereocenters. The van der Waals surface area contributed by atoms with Crippen molar-refractivity contribution >= 4 is 5.97 Å². The number of benzene rings is 3. The first-order chi connectivity index (χ1) is 14.0. The first-order valence-electron chi connectivity index (χ1n) is 9.74. The fourth-order valence-electron chi connectivity index (χ4n) is 3.27. The minimum Gasteiger partial charge on any atom is -0.489 e. The van der Waals surface area contributed by atoms with Crippen molar-refractivity contribution in [2.75, 3.05) is 6.61 Å². The monoisotopic (exact) mass is 392 g/mol. The Bertz CT molecular complexity index is 933. The second-order valence-electron chi connectivity index (χ2n) is 6.96. The van der Waals surface area contributed by atoms with E-state index in [0.29, 0.717) is 13.2 Å². The smallest absolute Gasteiger partial charge is 0.306 e. The van der Waals surface area contributed by atoms with E-state index in [1.807, 2.05) is 36.4 Å². The van der Waals surface area contributed by atoms with Crippen LogP contribution >= 0.6 is 0 Å². The van der Waals surface area contributed by atoms with Crippen LogP contribution in [0.1, 0.15) is 41.5 Å². The fourth-order valence-corrected chi connectivity index (χ4v) is 3.27. The third-order valence-corrected chi connectivity index (χ3v) is 4.72. The van der Waals surface area contributed by atoms with E-state index in [0.717, 1.165) is 22.4 Å². The van der Waals surface area contributed by atoms with Gasteiger partial charge in [-0.25, -0.2) is 4.39 Å². The average molecular weight is 392 g/mol. The van der Waals surface area contributed by atoms with E-state index in [1.54, 1.807) is 19.1 Å². The molecule has 4 heteroatoms. The lowest BCUT2D eigenvalue weighted by atomic mass is 9.88. The molecule has 3 nitrogen and oxygen atoms in total. The minimum absolute atomic E-state index is 0.197. The Morgan fingerprint density at radius 3 is 2.24 bits per heavy atom. The van der Waals surface area contributed by atoms with Crippen molar-refractivity contribution < 1.29 is 18.7 Å². The van der Waals surface area contributed by atoms with Gasteiger partial charge in [-0.15, -0.1) is 0 Å². The van der Waals surface area contributed by atoms with E-state index in [2.05, 4.69) is 19.1 Å². The van der Waals surface area contributed by atoms with Crippen LogP contribution in [-0.4, -0.2) is 12.6 Å². The van der Waals surface area contributed by atoms with Gasteiger partial charge in [0, 0.05) is 5.92 Å². The zero-order valence-electron chi connectivity index (χ0n) is 16.7. The molecule has 0 amide bonds. The standard InChI is InChI=1S/C25H25FO3/c1-3-28-25(27)16-24(20-7-11-22(26)12-8-20)21-9-13-23(14-10-21)29-17-19-6-4-5-18(2)15-19/h4-15,24H,3,16-17H2,1-2H3. The Labute approximate surface area is 171 Å². The quantitative estimate of drug-likeness (QED) is 0.455. The Balaban J connectivity index is 1.75. The molecule has 0 spiro atoms. The van der Waals surface area contributed by atoms with Gasteiger partial charge in [0.25, 0.3) is 0 Å². The van der Waals surface area contributed by atoms with Crippen LogP contribution in [0.25, 0.3) is 0 Å². The maximum Gasteiger partial charge on any atom is 0.306 e. The molecule has 0 aromatic heterocycles. The van der Waals surface area contributed by atoms with Crippen LogP contribution < -0.4 is 4.74 Å². The van der Waals surface area contributed by atoms with E-state index >= 15 is 0 Å². The molecule has 0 bridgehead atoms. The molecule has 3 aromatic carbocycles. The van der Waals surface area contributed by atoms with E-state index in [4.69, 9.17) is 9.47 Å². The molecular formula is C25H25FO3. The number of ether oxygens (including phenoxy) is 2. The van der Waals surface area contributed by atoms with E-state index in [9.17, 15) is 9.18 Å². The molecule has 0 aliphatic carbocycles. The molecule has 0 N–H and O–H groups in total. The first kappa shape index (κ1) is 20.6. The molecule has 3 aromatic rings. The maximum atomic E-state index is 13.3. The third-order valence-electron chi connectivity index (χ3n) is 4.72. The highest BCUT2D eigenvalue weighted by atomic mass is 19.1. The number of esters is 1. The summed E-state index contributed by atoms with van der Waals surface area (Å²) in [4.78, 5) is 12.1. The predicted molar refractivity (Wildman–Crippen MR) is 111 cm³/mol. The second kappa shape index (κ2) is 9.87. The molecule has 0 saturated carbocycles. The van der Waals surface area contributed by atoms with Gasteiger partial charge in [0.05, 0.1) is 13.0 Å². The van der Waals surface area contributed by atoms with Gasteiger partial charge in [-0.05, 0) is 54.8 Å². The topological polar surface area (TPSA) is 35.5 Å². The number of carbonyl (C=O) groups excluding carboxylic acids is 1. The summed E-state index contributed by atoms with van der Waals surface area (Å²) in [5.41, 5.74) is 4.13. The van der Waals surface area contributed by atoms with Crippen LogP contribution in [0.4, 0.5) is 4.39 Å². The molecule has 0 aliphatic heterocycles. The van der Waals surface area contributed by atoms with Crippen molar-refractivity contribution in [3.63, 3.8) is 0 Å². The van der Waals surface area contributed by atoms with E-state index < -0.39 is 0 Å². The molecule has 0 saturated heterocycles. The Kier molecular flexibility index (Phi) is 7.01. The summed E-state index contributed by atoms with van der Waals surface area (Å²) in [6, 6.07) is 22.1. The van der Waals surface area contributed by atoms with Gasteiger partial charge in [-0.2, -0.15) is 0 Å². The van der Waals surface area contributed by atoms with Crippen molar-refractivity contribution in [1.29, 1.82) is 0 Å². The SMILES string of the molecule is CCOC(=O)CC(c1ccc(F)cc1)c1ccc(OCc2cccc(C)c2)cc1. The largest absolute Gasteiger partial charge is 0.489 e. The fraction of sp³-hybridized carbons (Fsp3) is 0.240. The summed E-state index contributed by atoms with van der Waals surface area (Å²) in [5, 5.41) is 0. The number of hydrogen-bond acceptors (Lipinski definition) is 3. The van der Waals surface area contributed by atoms with Crippen LogP contribution in [0.5, 0.6) is 5.75 Å². The normalized spacial score (nSPS) is 11.7. The second-order valence-corrected chi connectivity index (χ2v) is 6.96.